The van der Waals surface area contributed by atoms with E-state index in [1.54, 1.807) is 21.6 Å². The SMILES string of the molecule is [CH2]CSSCCO. The van der Waals surface area contributed by atoms with E-state index in [-0.39, 0.29) is 6.61 Å². The molecule has 0 rings (SSSR count). The minimum atomic E-state index is 0.275. The van der Waals surface area contributed by atoms with Crippen LogP contribution in [0.4, 0.5) is 0 Å². The molecule has 43 valence electrons. The van der Waals surface area contributed by atoms with E-state index in [9.17, 15) is 0 Å². The Bertz CT molecular complexity index is 28.9. The third-order valence-corrected chi connectivity index (χ3v) is 2.52. The largest absolute Gasteiger partial charge is 0.395 e. The Morgan fingerprint density at radius 3 is 2.57 bits per heavy atom. The highest BCUT2D eigenvalue weighted by atomic mass is 33.1. The Morgan fingerprint density at radius 2 is 2.14 bits per heavy atom. The van der Waals surface area contributed by atoms with Gasteiger partial charge in [0.25, 0.3) is 0 Å². The van der Waals surface area contributed by atoms with Crippen molar-refractivity contribution < 1.29 is 5.11 Å². The lowest BCUT2D eigenvalue weighted by molar-refractivity contribution is 0.323. The van der Waals surface area contributed by atoms with Crippen molar-refractivity contribution in [3.63, 3.8) is 0 Å². The summed E-state index contributed by atoms with van der Waals surface area (Å²) in [6, 6.07) is 0. The van der Waals surface area contributed by atoms with Gasteiger partial charge in [-0.2, -0.15) is 0 Å². The molecule has 0 aliphatic rings. The first kappa shape index (κ1) is 7.66. The first-order valence-corrected chi connectivity index (χ1v) is 4.55. The van der Waals surface area contributed by atoms with E-state index >= 15 is 0 Å². The molecule has 0 atom stereocenters. The lowest BCUT2D eigenvalue weighted by Crippen LogP contribution is -1.81. The molecule has 1 N–H and O–H groups in total. The van der Waals surface area contributed by atoms with Gasteiger partial charge in [-0.25, -0.2) is 0 Å². The van der Waals surface area contributed by atoms with Crippen LogP contribution in [0.1, 0.15) is 0 Å². The predicted octanol–water partition coefficient (Wildman–Crippen LogP) is 1.19. The van der Waals surface area contributed by atoms with Crippen LogP contribution in [0.2, 0.25) is 0 Å². The topological polar surface area (TPSA) is 20.2 Å². The van der Waals surface area contributed by atoms with E-state index in [1.165, 1.54) is 0 Å². The van der Waals surface area contributed by atoms with Crippen LogP contribution < -0.4 is 0 Å². The van der Waals surface area contributed by atoms with Gasteiger partial charge in [-0.15, -0.1) is 0 Å². The maximum Gasteiger partial charge on any atom is 0.0530 e. The smallest absolute Gasteiger partial charge is 0.0530 e. The maximum absolute atomic E-state index is 8.24. The van der Waals surface area contributed by atoms with Gasteiger partial charge in [-0.05, 0) is 6.92 Å². The van der Waals surface area contributed by atoms with Gasteiger partial charge in [-0.3, -0.25) is 0 Å². The van der Waals surface area contributed by atoms with Crippen molar-refractivity contribution in [2.24, 2.45) is 0 Å². The van der Waals surface area contributed by atoms with E-state index in [2.05, 4.69) is 6.92 Å². The average molecular weight is 137 g/mol. The van der Waals surface area contributed by atoms with Gasteiger partial charge in [0, 0.05) is 11.5 Å². The summed E-state index contributed by atoms with van der Waals surface area (Å²) in [6.07, 6.45) is 0. The molecule has 0 aliphatic heterocycles. The minimum Gasteiger partial charge on any atom is -0.395 e. The van der Waals surface area contributed by atoms with Crippen molar-refractivity contribution in [2.45, 2.75) is 0 Å². The van der Waals surface area contributed by atoms with Crippen LogP contribution in [0.5, 0.6) is 0 Å². The third kappa shape index (κ3) is 6.66. The molecule has 0 fully saturated rings. The summed E-state index contributed by atoms with van der Waals surface area (Å²) in [4.78, 5) is 0. The fraction of sp³-hybridized carbons (Fsp3) is 0.750. The van der Waals surface area contributed by atoms with Gasteiger partial charge in [0.05, 0.1) is 6.61 Å². The summed E-state index contributed by atoms with van der Waals surface area (Å²) >= 11 is 0. The lowest BCUT2D eigenvalue weighted by Gasteiger charge is -1.90. The number of aliphatic hydroxyl groups excluding tert-OH is 1. The second-order valence-corrected chi connectivity index (χ2v) is 3.57. The van der Waals surface area contributed by atoms with E-state index in [4.69, 9.17) is 5.11 Å². The minimum absolute atomic E-state index is 0.275. The van der Waals surface area contributed by atoms with Crippen LogP contribution in [0, 0.1) is 6.92 Å². The van der Waals surface area contributed by atoms with Crippen LogP contribution in [-0.4, -0.2) is 23.2 Å². The van der Waals surface area contributed by atoms with Crippen LogP contribution in [0.3, 0.4) is 0 Å². The second kappa shape index (κ2) is 6.66. The molecule has 7 heavy (non-hydrogen) atoms. The number of aliphatic hydroxyl groups is 1. The van der Waals surface area contributed by atoms with E-state index in [1.807, 2.05) is 0 Å². The molecule has 0 amide bonds. The molecular formula is C4H9OS2. The molecule has 1 nitrogen and oxygen atoms in total. The Kier molecular flexibility index (Phi) is 7.29. The Hall–Kier alpha value is 0.660. The van der Waals surface area contributed by atoms with Crippen molar-refractivity contribution in [1.29, 1.82) is 0 Å². The molecule has 0 aliphatic carbocycles. The molecule has 1 radical (unpaired) electrons. The van der Waals surface area contributed by atoms with Crippen LogP contribution >= 0.6 is 21.6 Å². The molecule has 0 spiro atoms. The summed E-state index contributed by atoms with van der Waals surface area (Å²) < 4.78 is 0. The van der Waals surface area contributed by atoms with Crippen molar-refractivity contribution in [2.75, 3.05) is 18.1 Å². The van der Waals surface area contributed by atoms with Gasteiger partial charge in [0.15, 0.2) is 0 Å². The second-order valence-electron chi connectivity index (χ2n) is 0.868. The Balaban J connectivity index is 2.45. The number of hydrogen-bond donors (Lipinski definition) is 1. The molecule has 0 aromatic heterocycles. The normalized spacial score (nSPS) is 9.43. The van der Waals surface area contributed by atoms with Gasteiger partial charge in [0.2, 0.25) is 0 Å². The molecule has 0 bridgehead atoms. The lowest BCUT2D eigenvalue weighted by atomic mass is 10.9. The van der Waals surface area contributed by atoms with Gasteiger partial charge < -0.3 is 5.11 Å². The van der Waals surface area contributed by atoms with Crippen LogP contribution in [-0.2, 0) is 0 Å². The summed E-state index contributed by atoms with van der Waals surface area (Å²) in [5, 5.41) is 8.24. The molecular weight excluding hydrogens is 128 g/mol. The molecule has 3 heteroatoms. The summed E-state index contributed by atoms with van der Waals surface area (Å²) in [5.74, 6) is 1.70. The van der Waals surface area contributed by atoms with E-state index in [0.717, 1.165) is 11.5 Å². The zero-order chi connectivity index (χ0) is 5.54. The van der Waals surface area contributed by atoms with Crippen LogP contribution in [0.25, 0.3) is 0 Å². The highest BCUT2D eigenvalue weighted by molar-refractivity contribution is 8.76. The van der Waals surface area contributed by atoms with Gasteiger partial charge in [0.1, 0.15) is 0 Å². The first-order valence-electron chi connectivity index (χ1n) is 2.06. The molecule has 0 saturated carbocycles. The standard InChI is InChI=1S/C4H9OS2/c1-2-6-7-4-3-5/h5H,1-4H2. The Morgan fingerprint density at radius 1 is 1.43 bits per heavy atom. The molecule has 0 unspecified atom stereocenters. The van der Waals surface area contributed by atoms with Crippen molar-refractivity contribution in [1.82, 2.24) is 0 Å². The number of rotatable bonds is 4. The quantitative estimate of drug-likeness (QED) is 0.464. The molecule has 0 aromatic rings. The monoisotopic (exact) mass is 137 g/mol. The zero-order valence-electron chi connectivity index (χ0n) is 4.09. The predicted molar refractivity (Wildman–Crippen MR) is 37.4 cm³/mol. The van der Waals surface area contributed by atoms with E-state index < -0.39 is 0 Å². The molecule has 0 heterocycles. The van der Waals surface area contributed by atoms with Crippen LogP contribution in [0.15, 0.2) is 0 Å². The van der Waals surface area contributed by atoms with Crippen molar-refractivity contribution in [3.8, 4) is 0 Å². The fourth-order valence-electron chi connectivity index (χ4n) is 0.155. The average Bonchev–Trinajstić information content (AvgIpc) is 1.69. The highest BCUT2D eigenvalue weighted by Gasteiger charge is 1.81. The number of hydrogen-bond acceptors (Lipinski definition) is 3. The molecule has 0 aromatic carbocycles. The summed E-state index contributed by atoms with van der Waals surface area (Å²) in [7, 11) is 3.34. The first-order chi connectivity index (χ1) is 3.41. The van der Waals surface area contributed by atoms with Gasteiger partial charge >= 0.3 is 0 Å². The van der Waals surface area contributed by atoms with Crippen molar-refractivity contribution >= 4 is 21.6 Å². The zero-order valence-corrected chi connectivity index (χ0v) is 5.73. The summed E-state index contributed by atoms with van der Waals surface area (Å²) in [5.41, 5.74) is 0. The summed E-state index contributed by atoms with van der Waals surface area (Å²) in [6.45, 7) is 3.89. The van der Waals surface area contributed by atoms with E-state index in [0.29, 0.717) is 0 Å². The highest BCUT2D eigenvalue weighted by Crippen LogP contribution is 2.18. The fourth-order valence-corrected chi connectivity index (χ4v) is 1.40. The third-order valence-electron chi connectivity index (χ3n) is 0.341. The van der Waals surface area contributed by atoms with Crippen molar-refractivity contribution in [3.05, 3.63) is 6.92 Å². The maximum atomic E-state index is 8.24. The Labute approximate surface area is 52.3 Å². The van der Waals surface area contributed by atoms with Gasteiger partial charge in [-0.1, -0.05) is 21.6 Å². The molecule has 0 saturated heterocycles.